The zero-order valence-corrected chi connectivity index (χ0v) is 9.40. The minimum atomic E-state index is -0.247. The highest BCUT2D eigenvalue weighted by Crippen LogP contribution is 2.22. The third-order valence-corrected chi connectivity index (χ3v) is 2.46. The lowest BCUT2D eigenvalue weighted by atomic mass is 10.1. The van der Waals surface area contributed by atoms with Crippen LogP contribution in [0.2, 0.25) is 0 Å². The van der Waals surface area contributed by atoms with Crippen LogP contribution in [-0.4, -0.2) is 21.2 Å². The van der Waals surface area contributed by atoms with Gasteiger partial charge in [-0.05, 0) is 36.2 Å². The van der Waals surface area contributed by atoms with Crippen molar-refractivity contribution in [1.82, 2.24) is 10.2 Å². The van der Waals surface area contributed by atoms with E-state index < -0.39 is 0 Å². The van der Waals surface area contributed by atoms with Gasteiger partial charge < -0.3 is 10.4 Å². The molecule has 88 valence electrons. The monoisotopic (exact) mass is 231 g/mol. The molecule has 0 atom stereocenters. The highest BCUT2D eigenvalue weighted by molar-refractivity contribution is 6.03. The summed E-state index contributed by atoms with van der Waals surface area (Å²) < 4.78 is 0. The molecule has 1 heterocycles. The van der Waals surface area contributed by atoms with Gasteiger partial charge in [0.05, 0.1) is 0 Å². The number of carbonyl (C=O) groups excluding carboxylic acids is 1. The van der Waals surface area contributed by atoms with Crippen LogP contribution in [0.4, 0.5) is 5.69 Å². The van der Waals surface area contributed by atoms with Crippen LogP contribution in [0, 0.1) is 0 Å². The fourth-order valence-corrected chi connectivity index (χ4v) is 1.57. The van der Waals surface area contributed by atoms with E-state index >= 15 is 0 Å². The fourth-order valence-electron chi connectivity index (χ4n) is 1.57. The van der Waals surface area contributed by atoms with Crippen molar-refractivity contribution in [3.8, 4) is 5.75 Å². The Bertz CT molecular complexity index is 521. The van der Waals surface area contributed by atoms with E-state index in [1.54, 1.807) is 24.3 Å². The highest BCUT2D eigenvalue weighted by atomic mass is 16.3. The zero-order chi connectivity index (χ0) is 12.3. The van der Waals surface area contributed by atoms with Gasteiger partial charge in [-0.1, -0.05) is 6.92 Å². The van der Waals surface area contributed by atoms with Gasteiger partial charge in [0.1, 0.15) is 11.4 Å². The van der Waals surface area contributed by atoms with Crippen LogP contribution in [0.15, 0.2) is 30.5 Å². The van der Waals surface area contributed by atoms with Gasteiger partial charge >= 0.3 is 0 Å². The number of hydrogen-bond acceptors (Lipinski definition) is 3. The molecule has 0 spiro atoms. The highest BCUT2D eigenvalue weighted by Gasteiger charge is 2.09. The summed E-state index contributed by atoms with van der Waals surface area (Å²) in [6.45, 7) is 1.96. The summed E-state index contributed by atoms with van der Waals surface area (Å²) in [5, 5.41) is 18.4. The van der Waals surface area contributed by atoms with E-state index in [0.29, 0.717) is 11.4 Å². The summed E-state index contributed by atoms with van der Waals surface area (Å²) in [4.78, 5) is 11.8. The van der Waals surface area contributed by atoms with Crippen molar-refractivity contribution in [2.75, 3.05) is 5.32 Å². The predicted octanol–water partition coefficient (Wildman–Crippen LogP) is 1.93. The van der Waals surface area contributed by atoms with E-state index in [1.165, 1.54) is 6.20 Å². The molecule has 1 aromatic heterocycles. The summed E-state index contributed by atoms with van der Waals surface area (Å²) in [5.74, 6) is -0.0516. The number of phenolic OH excluding ortho intramolecular Hbond substituents is 1. The van der Waals surface area contributed by atoms with E-state index in [1.807, 2.05) is 6.92 Å². The lowest BCUT2D eigenvalue weighted by Gasteiger charge is -2.09. The first-order valence-corrected chi connectivity index (χ1v) is 5.33. The van der Waals surface area contributed by atoms with Crippen LogP contribution in [0.5, 0.6) is 5.75 Å². The molecule has 1 amide bonds. The second kappa shape index (κ2) is 4.69. The molecule has 0 fully saturated rings. The number of benzene rings is 1. The number of H-pyrrole nitrogens is 1. The first-order chi connectivity index (χ1) is 8.20. The van der Waals surface area contributed by atoms with Gasteiger partial charge in [-0.25, -0.2) is 0 Å². The average Bonchev–Trinajstić information content (AvgIpc) is 2.85. The van der Waals surface area contributed by atoms with Crippen molar-refractivity contribution in [2.45, 2.75) is 13.3 Å². The average molecular weight is 231 g/mol. The maximum absolute atomic E-state index is 11.8. The SMILES string of the molecule is CCc1cc(O)ccc1NC(=O)c1ccn[nH]1. The van der Waals surface area contributed by atoms with E-state index in [2.05, 4.69) is 15.5 Å². The van der Waals surface area contributed by atoms with Gasteiger partial charge in [0.25, 0.3) is 5.91 Å². The fraction of sp³-hybridized carbons (Fsp3) is 0.167. The normalized spacial score (nSPS) is 10.2. The number of aryl methyl sites for hydroxylation is 1. The smallest absolute Gasteiger partial charge is 0.273 e. The van der Waals surface area contributed by atoms with Crippen LogP contribution < -0.4 is 5.32 Å². The second-order valence-electron chi connectivity index (χ2n) is 3.62. The molecule has 0 bridgehead atoms. The van der Waals surface area contributed by atoms with Crippen LogP contribution in [0.3, 0.4) is 0 Å². The minimum Gasteiger partial charge on any atom is -0.508 e. The van der Waals surface area contributed by atoms with Crippen molar-refractivity contribution in [1.29, 1.82) is 0 Å². The Morgan fingerprint density at radius 2 is 2.29 bits per heavy atom. The Morgan fingerprint density at radius 3 is 2.94 bits per heavy atom. The topological polar surface area (TPSA) is 78.0 Å². The largest absolute Gasteiger partial charge is 0.508 e. The Morgan fingerprint density at radius 1 is 1.47 bits per heavy atom. The van der Waals surface area contributed by atoms with E-state index in [9.17, 15) is 9.90 Å². The van der Waals surface area contributed by atoms with Crippen molar-refractivity contribution < 1.29 is 9.90 Å². The standard InChI is InChI=1S/C12H13N3O2/c1-2-8-7-9(16)3-4-10(8)14-12(17)11-5-6-13-15-11/h3-7,16H,2H2,1H3,(H,13,15)(H,14,17). The Hall–Kier alpha value is -2.30. The van der Waals surface area contributed by atoms with Gasteiger partial charge in [-0.3, -0.25) is 9.89 Å². The van der Waals surface area contributed by atoms with Gasteiger partial charge in [-0.2, -0.15) is 5.10 Å². The van der Waals surface area contributed by atoms with Crippen LogP contribution in [0.1, 0.15) is 23.0 Å². The molecule has 5 heteroatoms. The van der Waals surface area contributed by atoms with Crippen LogP contribution >= 0.6 is 0 Å². The molecule has 5 nitrogen and oxygen atoms in total. The minimum absolute atomic E-state index is 0.196. The van der Waals surface area contributed by atoms with Crippen molar-refractivity contribution in [3.63, 3.8) is 0 Å². The van der Waals surface area contributed by atoms with Gasteiger partial charge in [0, 0.05) is 11.9 Å². The first-order valence-electron chi connectivity index (χ1n) is 5.33. The third-order valence-electron chi connectivity index (χ3n) is 2.46. The van der Waals surface area contributed by atoms with Crippen molar-refractivity contribution in [3.05, 3.63) is 41.7 Å². The molecule has 0 aliphatic carbocycles. The number of nitrogens with one attached hydrogen (secondary N) is 2. The van der Waals surface area contributed by atoms with Gasteiger partial charge in [0.15, 0.2) is 0 Å². The molecule has 0 unspecified atom stereocenters. The summed E-state index contributed by atoms with van der Waals surface area (Å²) in [6, 6.07) is 6.47. The maximum Gasteiger partial charge on any atom is 0.273 e. The van der Waals surface area contributed by atoms with Crippen molar-refractivity contribution >= 4 is 11.6 Å². The van der Waals surface area contributed by atoms with Crippen molar-refractivity contribution in [2.24, 2.45) is 0 Å². The predicted molar refractivity (Wildman–Crippen MR) is 64.0 cm³/mol. The number of amides is 1. The number of aromatic amines is 1. The molecule has 0 aliphatic heterocycles. The molecular weight excluding hydrogens is 218 g/mol. The number of rotatable bonds is 3. The molecular formula is C12H13N3O2. The molecule has 0 radical (unpaired) electrons. The molecule has 0 aliphatic rings. The third kappa shape index (κ3) is 2.44. The lowest BCUT2D eigenvalue weighted by molar-refractivity contribution is 0.102. The number of hydrogen-bond donors (Lipinski definition) is 3. The molecule has 17 heavy (non-hydrogen) atoms. The van der Waals surface area contributed by atoms with E-state index in [-0.39, 0.29) is 11.7 Å². The molecule has 2 rings (SSSR count). The number of nitrogens with zero attached hydrogens (tertiary/aromatic N) is 1. The summed E-state index contributed by atoms with van der Waals surface area (Å²) in [5.41, 5.74) is 1.99. The molecule has 0 saturated carbocycles. The maximum atomic E-state index is 11.8. The van der Waals surface area contributed by atoms with Crippen LogP contribution in [-0.2, 0) is 6.42 Å². The number of aromatic nitrogens is 2. The molecule has 1 aromatic carbocycles. The molecule has 0 saturated heterocycles. The molecule has 3 N–H and O–H groups in total. The second-order valence-corrected chi connectivity index (χ2v) is 3.62. The number of phenols is 1. The summed E-state index contributed by atoms with van der Waals surface area (Å²) in [6.07, 6.45) is 2.25. The molecule has 2 aromatic rings. The number of anilines is 1. The zero-order valence-electron chi connectivity index (χ0n) is 9.40. The van der Waals surface area contributed by atoms with Crippen LogP contribution in [0.25, 0.3) is 0 Å². The summed E-state index contributed by atoms with van der Waals surface area (Å²) in [7, 11) is 0. The van der Waals surface area contributed by atoms with E-state index in [0.717, 1.165) is 12.0 Å². The Kier molecular flexibility index (Phi) is 3.09. The first kappa shape index (κ1) is 11.2. The van der Waals surface area contributed by atoms with Gasteiger partial charge in [0.2, 0.25) is 0 Å². The van der Waals surface area contributed by atoms with E-state index in [4.69, 9.17) is 0 Å². The Balaban J connectivity index is 2.21. The number of carbonyl (C=O) groups is 1. The quantitative estimate of drug-likeness (QED) is 0.706. The Labute approximate surface area is 98.5 Å². The lowest BCUT2D eigenvalue weighted by Crippen LogP contribution is -2.13. The number of aromatic hydroxyl groups is 1. The van der Waals surface area contributed by atoms with Gasteiger partial charge in [-0.15, -0.1) is 0 Å². The summed E-state index contributed by atoms with van der Waals surface area (Å²) >= 11 is 0.